The molecule has 2 aliphatic heterocycles. The summed E-state index contributed by atoms with van der Waals surface area (Å²) in [5, 5.41) is 2.17. The average molecular weight is 376 g/mol. The highest BCUT2D eigenvalue weighted by Gasteiger charge is 2.44. The Bertz CT molecular complexity index is 1050. The second kappa shape index (κ2) is 6.53. The van der Waals surface area contributed by atoms with Crippen molar-refractivity contribution < 1.29 is 24.0 Å². The number of hydrogen-bond donors (Lipinski definition) is 1. The molecule has 2 aromatic rings. The quantitative estimate of drug-likeness (QED) is 0.652. The molecule has 0 bridgehead atoms. The first-order valence-electron chi connectivity index (χ1n) is 8.84. The molecule has 2 heterocycles. The third-order valence-corrected chi connectivity index (χ3v) is 5.06. The van der Waals surface area contributed by atoms with Gasteiger partial charge in [0.25, 0.3) is 11.8 Å². The van der Waals surface area contributed by atoms with Crippen LogP contribution < -0.4 is 5.32 Å². The zero-order valence-electron chi connectivity index (χ0n) is 15.0. The van der Waals surface area contributed by atoms with Crippen molar-refractivity contribution in [3.63, 3.8) is 0 Å². The fourth-order valence-corrected chi connectivity index (χ4v) is 3.55. The van der Waals surface area contributed by atoms with Gasteiger partial charge in [-0.15, -0.1) is 0 Å². The predicted molar refractivity (Wildman–Crippen MR) is 98.6 cm³/mol. The summed E-state index contributed by atoms with van der Waals surface area (Å²) >= 11 is 0. The van der Waals surface area contributed by atoms with Gasteiger partial charge in [-0.2, -0.15) is 0 Å². The average Bonchev–Trinajstić information content (AvgIpc) is 2.92. The molecule has 28 heavy (non-hydrogen) atoms. The summed E-state index contributed by atoms with van der Waals surface area (Å²) in [4.78, 5) is 61.4. The number of nitrogens with zero attached hydrogens (tertiary/aromatic N) is 1. The van der Waals surface area contributed by atoms with E-state index < -0.39 is 29.7 Å². The van der Waals surface area contributed by atoms with Crippen LogP contribution in [0.4, 0.5) is 0 Å². The Kier molecular flexibility index (Phi) is 4.15. The van der Waals surface area contributed by atoms with Crippen LogP contribution in [-0.4, -0.2) is 40.4 Å². The Morgan fingerprint density at radius 1 is 0.929 bits per heavy atom. The molecule has 7 nitrogen and oxygen atoms in total. The van der Waals surface area contributed by atoms with Crippen LogP contribution >= 0.6 is 0 Å². The second-order valence-corrected chi connectivity index (χ2v) is 6.84. The van der Waals surface area contributed by atoms with Crippen molar-refractivity contribution in [1.29, 1.82) is 0 Å². The highest BCUT2D eigenvalue weighted by molar-refractivity contribution is 6.23. The number of amides is 4. The lowest BCUT2D eigenvalue weighted by Crippen LogP contribution is -2.54. The van der Waals surface area contributed by atoms with E-state index in [-0.39, 0.29) is 29.8 Å². The second-order valence-electron chi connectivity index (χ2n) is 6.84. The Hall–Kier alpha value is -3.61. The third-order valence-electron chi connectivity index (χ3n) is 5.06. The first-order chi connectivity index (χ1) is 13.4. The number of rotatable bonds is 3. The van der Waals surface area contributed by atoms with E-state index in [9.17, 15) is 24.0 Å². The summed E-state index contributed by atoms with van der Waals surface area (Å²) in [5.41, 5.74) is 2.56. The number of hydrogen-bond acceptors (Lipinski definition) is 5. The molecule has 140 valence electrons. The summed E-state index contributed by atoms with van der Waals surface area (Å²) in [6.07, 6.45) is 0.201. The Balaban J connectivity index is 1.66. The topological polar surface area (TPSA) is 101 Å². The van der Waals surface area contributed by atoms with E-state index in [4.69, 9.17) is 0 Å². The van der Waals surface area contributed by atoms with Crippen LogP contribution in [0, 0.1) is 0 Å². The van der Waals surface area contributed by atoms with Crippen LogP contribution in [0.25, 0.3) is 11.1 Å². The molecule has 0 radical (unpaired) electrons. The molecule has 1 atom stereocenters. The lowest BCUT2D eigenvalue weighted by molar-refractivity contribution is -0.136. The summed E-state index contributed by atoms with van der Waals surface area (Å²) < 4.78 is 0. The standard InChI is InChI=1S/C21H16N2O5/c1-11(24)12-2-4-13(5-3-12)14-6-7-15-16(10-14)21(28)23(20(15)27)17-8-9-18(25)22-19(17)26/h2-7,10,17H,8-9H2,1H3,(H,22,25,26). The van der Waals surface area contributed by atoms with E-state index in [0.29, 0.717) is 5.56 Å². The van der Waals surface area contributed by atoms with Crippen LogP contribution in [0.1, 0.15) is 50.8 Å². The van der Waals surface area contributed by atoms with E-state index in [0.717, 1.165) is 16.0 Å². The fourth-order valence-electron chi connectivity index (χ4n) is 3.55. The molecule has 2 aromatic carbocycles. The molecular formula is C21H16N2O5. The van der Waals surface area contributed by atoms with Crippen molar-refractivity contribution >= 4 is 29.4 Å². The molecule has 0 spiro atoms. The van der Waals surface area contributed by atoms with Crippen LogP contribution in [0.5, 0.6) is 0 Å². The maximum absolute atomic E-state index is 12.9. The van der Waals surface area contributed by atoms with Gasteiger partial charge in [-0.1, -0.05) is 30.3 Å². The van der Waals surface area contributed by atoms with Crippen molar-refractivity contribution in [3.8, 4) is 11.1 Å². The highest BCUT2D eigenvalue weighted by Crippen LogP contribution is 2.31. The molecule has 1 fully saturated rings. The maximum Gasteiger partial charge on any atom is 0.262 e. The number of nitrogens with one attached hydrogen (secondary N) is 1. The number of imide groups is 2. The number of ketones is 1. The smallest absolute Gasteiger partial charge is 0.262 e. The van der Waals surface area contributed by atoms with E-state index >= 15 is 0 Å². The molecule has 4 rings (SSSR count). The lowest BCUT2D eigenvalue weighted by atomic mass is 9.99. The zero-order chi connectivity index (χ0) is 20.0. The van der Waals surface area contributed by atoms with Gasteiger partial charge in [0.2, 0.25) is 11.8 Å². The molecule has 0 aliphatic carbocycles. The number of fused-ring (bicyclic) bond motifs is 1. The first-order valence-corrected chi connectivity index (χ1v) is 8.84. The summed E-state index contributed by atoms with van der Waals surface area (Å²) in [6.45, 7) is 1.48. The minimum Gasteiger partial charge on any atom is -0.295 e. The molecule has 1 saturated heterocycles. The van der Waals surface area contributed by atoms with Crippen LogP contribution in [0.15, 0.2) is 42.5 Å². The lowest BCUT2D eigenvalue weighted by Gasteiger charge is -2.27. The van der Waals surface area contributed by atoms with Gasteiger partial charge in [-0.25, -0.2) is 0 Å². The SMILES string of the molecule is CC(=O)c1ccc(-c2ccc3c(c2)C(=O)N(C2CCC(=O)NC2=O)C3=O)cc1. The molecule has 0 saturated carbocycles. The first kappa shape index (κ1) is 17.8. The molecule has 4 amide bonds. The van der Waals surface area contributed by atoms with Crippen molar-refractivity contribution in [2.45, 2.75) is 25.8 Å². The van der Waals surface area contributed by atoms with Gasteiger partial charge in [-0.3, -0.25) is 34.2 Å². The van der Waals surface area contributed by atoms with E-state index in [1.165, 1.54) is 6.92 Å². The van der Waals surface area contributed by atoms with E-state index in [1.54, 1.807) is 42.5 Å². The third kappa shape index (κ3) is 2.81. The zero-order valence-corrected chi connectivity index (χ0v) is 15.0. The summed E-state index contributed by atoms with van der Waals surface area (Å²) in [5.74, 6) is -2.16. The van der Waals surface area contributed by atoms with Crippen LogP contribution in [0.3, 0.4) is 0 Å². The molecule has 1 unspecified atom stereocenters. The van der Waals surface area contributed by atoms with Gasteiger partial charge in [0.15, 0.2) is 5.78 Å². The number of carbonyl (C=O) groups is 5. The fraction of sp³-hybridized carbons (Fsp3) is 0.190. The monoisotopic (exact) mass is 376 g/mol. The van der Waals surface area contributed by atoms with E-state index in [2.05, 4.69) is 5.32 Å². The van der Waals surface area contributed by atoms with Crippen LogP contribution in [0.2, 0.25) is 0 Å². The number of carbonyl (C=O) groups excluding carboxylic acids is 5. The highest BCUT2D eigenvalue weighted by atomic mass is 16.2. The minimum absolute atomic E-state index is 0.0406. The summed E-state index contributed by atoms with van der Waals surface area (Å²) in [6, 6.07) is 10.9. The molecular weight excluding hydrogens is 360 g/mol. The van der Waals surface area contributed by atoms with Gasteiger partial charge >= 0.3 is 0 Å². The molecule has 1 N–H and O–H groups in total. The number of piperidine rings is 1. The van der Waals surface area contributed by atoms with Crippen molar-refractivity contribution in [2.24, 2.45) is 0 Å². The molecule has 2 aliphatic rings. The number of Topliss-reactive ketones (excluding diaryl/α,β-unsaturated/α-hetero) is 1. The van der Waals surface area contributed by atoms with Crippen molar-refractivity contribution in [1.82, 2.24) is 10.2 Å². The van der Waals surface area contributed by atoms with Gasteiger partial charge in [0.05, 0.1) is 11.1 Å². The maximum atomic E-state index is 12.9. The molecule has 0 aromatic heterocycles. The summed E-state index contributed by atoms with van der Waals surface area (Å²) in [7, 11) is 0. The van der Waals surface area contributed by atoms with Crippen molar-refractivity contribution in [2.75, 3.05) is 0 Å². The normalized spacial score (nSPS) is 18.9. The van der Waals surface area contributed by atoms with Gasteiger partial charge in [-0.05, 0) is 36.6 Å². The Labute approximate surface area is 160 Å². The minimum atomic E-state index is -0.983. The Morgan fingerprint density at radius 2 is 1.57 bits per heavy atom. The van der Waals surface area contributed by atoms with E-state index in [1.807, 2.05) is 0 Å². The van der Waals surface area contributed by atoms with Gasteiger partial charge in [0.1, 0.15) is 6.04 Å². The predicted octanol–water partition coefficient (Wildman–Crippen LogP) is 1.96. The van der Waals surface area contributed by atoms with Gasteiger partial charge in [0, 0.05) is 12.0 Å². The molecule has 7 heteroatoms. The van der Waals surface area contributed by atoms with Gasteiger partial charge < -0.3 is 0 Å². The van der Waals surface area contributed by atoms with Crippen molar-refractivity contribution in [3.05, 3.63) is 59.2 Å². The largest absolute Gasteiger partial charge is 0.295 e. The number of benzene rings is 2. The van der Waals surface area contributed by atoms with Crippen LogP contribution in [-0.2, 0) is 9.59 Å². The Morgan fingerprint density at radius 3 is 2.21 bits per heavy atom.